The highest BCUT2D eigenvalue weighted by Crippen LogP contribution is 2.06. The lowest BCUT2D eigenvalue weighted by atomic mass is 10.00. The number of carbonyl (C=O) groups is 1. The molecule has 2 atom stereocenters. The van der Waals surface area contributed by atoms with Crippen LogP contribution in [0, 0.1) is 5.92 Å². The van der Waals surface area contributed by atoms with E-state index >= 15 is 0 Å². The van der Waals surface area contributed by atoms with Gasteiger partial charge in [-0.1, -0.05) is 20.8 Å². The lowest BCUT2D eigenvalue weighted by molar-refractivity contribution is -0.125. The Kier molecular flexibility index (Phi) is 3.09. The summed E-state index contributed by atoms with van der Waals surface area (Å²) in [5.74, 6) is 0.668. The van der Waals surface area contributed by atoms with Gasteiger partial charge in [-0.3, -0.25) is 4.79 Å². The first-order valence-electron chi connectivity index (χ1n) is 4.69. The molecule has 0 aliphatic carbocycles. The predicted molar refractivity (Wildman–Crippen MR) is 48.9 cm³/mol. The summed E-state index contributed by atoms with van der Waals surface area (Å²) >= 11 is 0. The largest absolute Gasteiger partial charge is 0.350 e. The number of carbonyl (C=O) groups excluding carboxylic acids is 1. The molecule has 1 fully saturated rings. The van der Waals surface area contributed by atoms with Gasteiger partial charge in [-0.05, 0) is 12.3 Å². The van der Waals surface area contributed by atoms with Crippen LogP contribution in [0.2, 0.25) is 0 Å². The summed E-state index contributed by atoms with van der Waals surface area (Å²) in [4.78, 5) is 11.4. The van der Waals surface area contributed by atoms with Crippen molar-refractivity contribution in [1.29, 1.82) is 0 Å². The molecule has 1 amide bonds. The molecule has 1 aliphatic heterocycles. The van der Waals surface area contributed by atoms with Gasteiger partial charge in [0.1, 0.15) is 0 Å². The van der Waals surface area contributed by atoms with E-state index in [0.717, 1.165) is 13.0 Å². The average molecular weight is 170 g/mol. The highest BCUT2D eigenvalue weighted by molar-refractivity contribution is 5.82. The van der Waals surface area contributed by atoms with Crippen molar-refractivity contribution in [1.82, 2.24) is 10.6 Å². The van der Waals surface area contributed by atoms with E-state index in [1.165, 1.54) is 0 Å². The number of amides is 1. The summed E-state index contributed by atoms with van der Waals surface area (Å²) in [6.07, 6.45) is 0.872. The van der Waals surface area contributed by atoms with E-state index in [9.17, 15) is 4.79 Å². The molecule has 3 heteroatoms. The molecular weight excluding hydrogens is 152 g/mol. The van der Waals surface area contributed by atoms with Gasteiger partial charge in [0.2, 0.25) is 5.91 Å². The van der Waals surface area contributed by atoms with Crippen LogP contribution in [-0.2, 0) is 4.79 Å². The van der Waals surface area contributed by atoms with Crippen LogP contribution < -0.4 is 10.6 Å². The zero-order valence-electron chi connectivity index (χ0n) is 8.05. The summed E-state index contributed by atoms with van der Waals surface area (Å²) < 4.78 is 0. The summed E-state index contributed by atoms with van der Waals surface area (Å²) in [5, 5.41) is 6.25. The molecule has 0 bridgehead atoms. The minimum atomic E-state index is 0.0278. The molecule has 0 radical (unpaired) electrons. The lowest BCUT2D eigenvalue weighted by Gasteiger charge is -2.32. The maximum absolute atomic E-state index is 11.4. The van der Waals surface area contributed by atoms with Crippen molar-refractivity contribution < 1.29 is 4.79 Å². The van der Waals surface area contributed by atoms with E-state index in [4.69, 9.17) is 0 Å². The third-order valence-corrected chi connectivity index (χ3v) is 2.44. The van der Waals surface area contributed by atoms with Gasteiger partial charge in [-0.15, -0.1) is 0 Å². The van der Waals surface area contributed by atoms with Crippen molar-refractivity contribution in [2.75, 3.05) is 6.54 Å². The molecule has 0 spiro atoms. The van der Waals surface area contributed by atoms with Crippen LogP contribution in [0.1, 0.15) is 27.2 Å². The van der Waals surface area contributed by atoms with E-state index in [1.807, 2.05) is 6.92 Å². The number of nitrogens with one attached hydrogen (secondary N) is 2. The van der Waals surface area contributed by atoms with E-state index < -0.39 is 0 Å². The van der Waals surface area contributed by atoms with Crippen LogP contribution in [0.5, 0.6) is 0 Å². The fourth-order valence-corrected chi connectivity index (χ4v) is 1.43. The first-order valence-corrected chi connectivity index (χ1v) is 4.69. The average Bonchev–Trinajstić information content (AvgIpc) is 2.04. The third-order valence-electron chi connectivity index (χ3n) is 2.44. The van der Waals surface area contributed by atoms with Gasteiger partial charge in [-0.2, -0.15) is 0 Å². The molecule has 1 rings (SSSR count). The minimum Gasteiger partial charge on any atom is -0.350 e. The zero-order valence-corrected chi connectivity index (χ0v) is 8.05. The van der Waals surface area contributed by atoms with Crippen molar-refractivity contribution in [3.63, 3.8) is 0 Å². The topological polar surface area (TPSA) is 41.1 Å². The third kappa shape index (κ3) is 1.97. The van der Waals surface area contributed by atoms with Gasteiger partial charge >= 0.3 is 0 Å². The van der Waals surface area contributed by atoms with Crippen LogP contribution in [0.4, 0.5) is 0 Å². The SMILES string of the molecule is CC[C@H]1NC[C@H](C(C)C)NC1=O. The first-order chi connectivity index (χ1) is 5.65. The highest BCUT2D eigenvalue weighted by Gasteiger charge is 2.27. The number of hydrogen-bond donors (Lipinski definition) is 2. The van der Waals surface area contributed by atoms with E-state index in [1.54, 1.807) is 0 Å². The monoisotopic (exact) mass is 170 g/mol. The second-order valence-electron chi connectivity index (χ2n) is 3.73. The molecule has 0 unspecified atom stereocenters. The molecule has 70 valence electrons. The normalized spacial score (nSPS) is 30.5. The Balaban J connectivity index is 2.46. The molecule has 1 heterocycles. The summed E-state index contributed by atoms with van der Waals surface area (Å²) in [7, 11) is 0. The van der Waals surface area contributed by atoms with Gasteiger partial charge in [0, 0.05) is 12.6 Å². The zero-order chi connectivity index (χ0) is 9.14. The van der Waals surface area contributed by atoms with Crippen LogP contribution in [0.15, 0.2) is 0 Å². The lowest BCUT2D eigenvalue weighted by Crippen LogP contribution is -2.59. The second-order valence-corrected chi connectivity index (χ2v) is 3.73. The van der Waals surface area contributed by atoms with Crippen molar-refractivity contribution >= 4 is 5.91 Å². The Morgan fingerprint density at radius 2 is 2.25 bits per heavy atom. The molecule has 3 nitrogen and oxygen atoms in total. The summed E-state index contributed by atoms with van der Waals surface area (Å²) in [6.45, 7) is 7.17. The highest BCUT2D eigenvalue weighted by atomic mass is 16.2. The second kappa shape index (κ2) is 3.90. The fraction of sp³-hybridized carbons (Fsp3) is 0.889. The smallest absolute Gasteiger partial charge is 0.237 e. The Hall–Kier alpha value is -0.570. The molecule has 0 aromatic rings. The Labute approximate surface area is 73.9 Å². The van der Waals surface area contributed by atoms with E-state index in [2.05, 4.69) is 24.5 Å². The molecule has 2 N–H and O–H groups in total. The number of piperazine rings is 1. The van der Waals surface area contributed by atoms with Crippen molar-refractivity contribution in [3.8, 4) is 0 Å². The molecule has 0 aromatic carbocycles. The molecule has 0 saturated carbocycles. The number of hydrogen-bond acceptors (Lipinski definition) is 2. The molecule has 12 heavy (non-hydrogen) atoms. The quantitative estimate of drug-likeness (QED) is 0.634. The summed E-state index contributed by atoms with van der Waals surface area (Å²) in [5.41, 5.74) is 0. The Bertz CT molecular complexity index is 168. The minimum absolute atomic E-state index is 0.0278. The predicted octanol–water partition coefficient (Wildman–Crippen LogP) is 0.509. The molecule has 1 aliphatic rings. The van der Waals surface area contributed by atoms with Crippen LogP contribution in [0.25, 0.3) is 0 Å². The molecule has 1 saturated heterocycles. The maximum Gasteiger partial charge on any atom is 0.237 e. The van der Waals surface area contributed by atoms with E-state index in [0.29, 0.717) is 12.0 Å². The Morgan fingerprint density at radius 1 is 1.58 bits per heavy atom. The van der Waals surface area contributed by atoms with Crippen LogP contribution in [-0.4, -0.2) is 24.5 Å². The maximum atomic E-state index is 11.4. The van der Waals surface area contributed by atoms with E-state index in [-0.39, 0.29) is 11.9 Å². The van der Waals surface area contributed by atoms with Crippen LogP contribution in [0.3, 0.4) is 0 Å². The fourth-order valence-electron chi connectivity index (χ4n) is 1.43. The van der Waals surface area contributed by atoms with Crippen molar-refractivity contribution in [3.05, 3.63) is 0 Å². The molecule has 0 aromatic heterocycles. The Morgan fingerprint density at radius 3 is 2.67 bits per heavy atom. The first kappa shape index (κ1) is 9.52. The van der Waals surface area contributed by atoms with Gasteiger partial charge in [0.05, 0.1) is 6.04 Å². The van der Waals surface area contributed by atoms with Crippen molar-refractivity contribution in [2.24, 2.45) is 5.92 Å². The van der Waals surface area contributed by atoms with Gasteiger partial charge in [0.15, 0.2) is 0 Å². The van der Waals surface area contributed by atoms with Gasteiger partial charge in [-0.25, -0.2) is 0 Å². The summed E-state index contributed by atoms with van der Waals surface area (Å²) in [6, 6.07) is 0.334. The van der Waals surface area contributed by atoms with Gasteiger partial charge < -0.3 is 10.6 Å². The molecular formula is C9H18N2O. The van der Waals surface area contributed by atoms with Crippen molar-refractivity contribution in [2.45, 2.75) is 39.3 Å². The number of rotatable bonds is 2. The van der Waals surface area contributed by atoms with Gasteiger partial charge in [0.25, 0.3) is 0 Å². The van der Waals surface area contributed by atoms with Crippen LogP contribution >= 0.6 is 0 Å². The standard InChI is InChI=1S/C9H18N2O/c1-4-7-9(12)11-8(5-10-7)6(2)3/h6-8,10H,4-5H2,1-3H3,(H,11,12)/t7-,8-/m1/s1.